The van der Waals surface area contributed by atoms with E-state index in [0.717, 1.165) is 40.9 Å². The summed E-state index contributed by atoms with van der Waals surface area (Å²) in [5.41, 5.74) is 7.59. The van der Waals surface area contributed by atoms with Gasteiger partial charge < -0.3 is 20.7 Å². The molecule has 2 saturated carbocycles. The highest BCUT2D eigenvalue weighted by Gasteiger charge is 2.58. The highest BCUT2D eigenvalue weighted by Crippen LogP contribution is 2.46. The molecule has 3 aliphatic carbocycles. The van der Waals surface area contributed by atoms with E-state index in [1.54, 1.807) is 29.2 Å². The molecule has 214 valence electrons. The van der Waals surface area contributed by atoms with E-state index in [1.807, 2.05) is 0 Å². The Morgan fingerprint density at radius 1 is 1.00 bits per heavy atom. The summed E-state index contributed by atoms with van der Waals surface area (Å²) in [5, 5.41) is 2.88. The summed E-state index contributed by atoms with van der Waals surface area (Å²) in [6.07, 6.45) is 5.59. The highest BCUT2D eigenvalue weighted by molar-refractivity contribution is 6.06. The van der Waals surface area contributed by atoms with Gasteiger partial charge >= 0.3 is 6.09 Å². The Bertz CT molecular complexity index is 1480. The Morgan fingerprint density at radius 2 is 1.80 bits per heavy atom. The Labute approximate surface area is 237 Å². The predicted molar refractivity (Wildman–Crippen MR) is 146 cm³/mol. The Balaban J connectivity index is 1.09. The lowest BCUT2D eigenvalue weighted by molar-refractivity contribution is -0.143. The van der Waals surface area contributed by atoms with E-state index in [-0.39, 0.29) is 30.1 Å². The van der Waals surface area contributed by atoms with Crippen LogP contribution in [0.3, 0.4) is 0 Å². The molecule has 9 nitrogen and oxygen atoms in total. The van der Waals surface area contributed by atoms with E-state index in [1.165, 1.54) is 12.1 Å². The lowest BCUT2D eigenvalue weighted by Gasteiger charge is -2.36. The van der Waals surface area contributed by atoms with Crippen LogP contribution in [-0.2, 0) is 44.1 Å². The van der Waals surface area contributed by atoms with E-state index < -0.39 is 29.7 Å². The Hall–Kier alpha value is -3.79. The molecule has 2 aliphatic heterocycles. The average Bonchev–Trinajstić information content (AvgIpc) is 3.70. The number of nitrogens with two attached hydrogens (primary N) is 1. The first-order valence-corrected chi connectivity index (χ1v) is 14.5. The van der Waals surface area contributed by atoms with Gasteiger partial charge in [-0.1, -0.05) is 12.1 Å². The maximum Gasteiger partial charge on any atom is 0.418 e. The minimum absolute atomic E-state index is 0.0194. The molecule has 1 spiro atoms. The Morgan fingerprint density at radius 3 is 2.54 bits per heavy atom. The number of ether oxygens (including phenoxy) is 1. The second-order valence-electron chi connectivity index (χ2n) is 12.3. The van der Waals surface area contributed by atoms with Crippen LogP contribution in [0.25, 0.3) is 0 Å². The van der Waals surface area contributed by atoms with Crippen molar-refractivity contribution in [3.8, 4) is 0 Å². The molecule has 2 atom stereocenters. The smallest absolute Gasteiger partial charge is 0.418 e. The molecule has 3 fully saturated rings. The number of rotatable bonds is 5. The first-order chi connectivity index (χ1) is 19.7. The summed E-state index contributed by atoms with van der Waals surface area (Å²) in [6, 6.07) is 9.85. The van der Waals surface area contributed by atoms with Crippen molar-refractivity contribution in [3.05, 3.63) is 64.5 Å². The minimum Gasteiger partial charge on any atom is -0.427 e. The third-order valence-electron chi connectivity index (χ3n) is 9.71. The van der Waals surface area contributed by atoms with Gasteiger partial charge in [-0.15, -0.1) is 0 Å². The third kappa shape index (κ3) is 4.31. The fraction of sp³-hybridized carbons (Fsp3) is 0.484. The molecule has 41 heavy (non-hydrogen) atoms. The summed E-state index contributed by atoms with van der Waals surface area (Å²) in [5.74, 6) is -1.00. The molecule has 0 radical (unpaired) electrons. The van der Waals surface area contributed by atoms with Gasteiger partial charge in [0.1, 0.15) is 12.4 Å². The molecule has 2 aromatic carbocycles. The summed E-state index contributed by atoms with van der Waals surface area (Å²) >= 11 is 0. The number of halogens is 1. The van der Waals surface area contributed by atoms with Crippen LogP contribution in [0.1, 0.15) is 67.2 Å². The van der Waals surface area contributed by atoms with Gasteiger partial charge in [-0.2, -0.15) is 0 Å². The number of aryl methyl sites for hydroxylation is 2. The third-order valence-corrected chi connectivity index (χ3v) is 9.71. The van der Waals surface area contributed by atoms with Crippen molar-refractivity contribution in [1.29, 1.82) is 0 Å². The average molecular weight is 561 g/mol. The number of imide groups is 1. The number of nitrogens with one attached hydrogen (secondary N) is 1. The van der Waals surface area contributed by atoms with Crippen LogP contribution in [0.2, 0.25) is 0 Å². The second-order valence-corrected chi connectivity index (χ2v) is 12.3. The first kappa shape index (κ1) is 26.1. The predicted octanol–water partition coefficient (Wildman–Crippen LogP) is 3.52. The monoisotopic (exact) mass is 560 g/mol. The number of nitrogens with zero attached hydrogens (tertiary/aromatic N) is 2. The van der Waals surface area contributed by atoms with Crippen molar-refractivity contribution in [2.45, 2.75) is 81.5 Å². The molecule has 1 saturated heterocycles. The molecule has 3 N–H and O–H groups in total. The van der Waals surface area contributed by atoms with Crippen LogP contribution >= 0.6 is 0 Å². The molecule has 0 aromatic heterocycles. The zero-order chi connectivity index (χ0) is 28.5. The van der Waals surface area contributed by atoms with Crippen molar-refractivity contribution < 1.29 is 28.3 Å². The standard InChI is InChI=1S/C31H33FN4O5/c32-22-6-4-21-16-35(25(18-2-3-18)9-5-19(21)14-22)26(37)17-36-28(39)31(41-29(36)40)13-10-20-15-23(7-8-24(20)31)34-27(38)30(33)11-1-12-30/h4,6-8,14-15,18,25H,1-3,5,9-13,16-17,33H2,(H,34,38)/t25-,31+/m1/s1. The number of benzene rings is 2. The van der Waals surface area contributed by atoms with E-state index in [0.29, 0.717) is 55.8 Å². The number of fused-ring (bicyclic) bond motifs is 3. The lowest BCUT2D eigenvalue weighted by atomic mass is 9.77. The minimum atomic E-state index is -1.48. The Kier molecular flexibility index (Phi) is 5.97. The number of hydrogen-bond acceptors (Lipinski definition) is 6. The molecular formula is C31H33FN4O5. The molecule has 0 bridgehead atoms. The van der Waals surface area contributed by atoms with Gasteiger partial charge in [0.2, 0.25) is 17.4 Å². The number of carbonyl (C=O) groups is 4. The number of anilines is 1. The van der Waals surface area contributed by atoms with Crippen molar-refractivity contribution in [1.82, 2.24) is 9.80 Å². The molecule has 2 aromatic rings. The molecule has 0 unspecified atom stereocenters. The van der Waals surface area contributed by atoms with Crippen LogP contribution in [0.5, 0.6) is 0 Å². The summed E-state index contributed by atoms with van der Waals surface area (Å²) in [4.78, 5) is 55.9. The topological polar surface area (TPSA) is 122 Å². The van der Waals surface area contributed by atoms with E-state index in [9.17, 15) is 23.6 Å². The van der Waals surface area contributed by atoms with Crippen molar-refractivity contribution >= 4 is 29.5 Å². The fourth-order valence-corrected chi connectivity index (χ4v) is 6.98. The number of carbonyl (C=O) groups excluding carboxylic acids is 4. The van der Waals surface area contributed by atoms with E-state index >= 15 is 0 Å². The number of amides is 4. The van der Waals surface area contributed by atoms with Crippen molar-refractivity contribution in [2.24, 2.45) is 11.7 Å². The molecule has 10 heteroatoms. The van der Waals surface area contributed by atoms with Gasteiger partial charge in [0.25, 0.3) is 5.91 Å². The quantitative estimate of drug-likeness (QED) is 0.577. The lowest BCUT2D eigenvalue weighted by Crippen LogP contribution is -2.56. The molecule has 7 rings (SSSR count). The van der Waals surface area contributed by atoms with Crippen molar-refractivity contribution in [3.63, 3.8) is 0 Å². The molecule has 5 aliphatic rings. The molecule has 4 amide bonds. The van der Waals surface area contributed by atoms with Crippen LogP contribution in [0, 0.1) is 11.7 Å². The van der Waals surface area contributed by atoms with Gasteiger partial charge in [-0.05, 0) is 98.2 Å². The van der Waals surface area contributed by atoms with E-state index in [2.05, 4.69) is 5.32 Å². The van der Waals surface area contributed by atoms with Crippen LogP contribution in [0.4, 0.5) is 14.9 Å². The normalized spacial score (nSPS) is 26.2. The molecular weight excluding hydrogens is 527 g/mol. The van der Waals surface area contributed by atoms with Gasteiger partial charge in [-0.3, -0.25) is 14.4 Å². The van der Waals surface area contributed by atoms with Gasteiger partial charge in [0, 0.05) is 30.3 Å². The number of hydrogen-bond donors (Lipinski definition) is 2. The first-order valence-electron chi connectivity index (χ1n) is 14.5. The van der Waals surface area contributed by atoms with Crippen molar-refractivity contribution in [2.75, 3.05) is 11.9 Å². The van der Waals surface area contributed by atoms with Gasteiger partial charge in [0.15, 0.2) is 0 Å². The highest BCUT2D eigenvalue weighted by atomic mass is 19.1. The molecule has 2 heterocycles. The SMILES string of the molecule is NC1(C(=O)Nc2ccc3c(c2)CC[C@]32OC(=O)N(CC(=O)N3Cc4ccc(F)cc4CC[C@@H]3C3CC3)C2=O)CCC1. The fourth-order valence-electron chi connectivity index (χ4n) is 6.98. The second kappa shape index (κ2) is 9.37. The van der Waals surface area contributed by atoms with Crippen LogP contribution in [0.15, 0.2) is 36.4 Å². The summed E-state index contributed by atoms with van der Waals surface area (Å²) in [7, 11) is 0. The van der Waals surface area contributed by atoms with Gasteiger partial charge in [0.05, 0.1) is 5.54 Å². The van der Waals surface area contributed by atoms with Crippen LogP contribution < -0.4 is 11.1 Å². The van der Waals surface area contributed by atoms with E-state index in [4.69, 9.17) is 10.5 Å². The zero-order valence-electron chi connectivity index (χ0n) is 22.8. The maximum absolute atomic E-state index is 13.9. The van der Waals surface area contributed by atoms with Crippen LogP contribution in [-0.4, -0.2) is 51.7 Å². The summed E-state index contributed by atoms with van der Waals surface area (Å²) in [6.45, 7) is -0.0829. The zero-order valence-corrected chi connectivity index (χ0v) is 22.8. The summed E-state index contributed by atoms with van der Waals surface area (Å²) < 4.78 is 19.7. The largest absolute Gasteiger partial charge is 0.427 e. The maximum atomic E-state index is 13.9. The van der Waals surface area contributed by atoms with Gasteiger partial charge in [-0.25, -0.2) is 14.1 Å².